The van der Waals surface area contributed by atoms with Crippen LogP contribution in [0.1, 0.15) is 44.0 Å². The van der Waals surface area contributed by atoms with Crippen LogP contribution in [0.2, 0.25) is 0 Å². The molecule has 194 valence electrons. The van der Waals surface area contributed by atoms with Gasteiger partial charge in [0, 0.05) is 36.1 Å². The van der Waals surface area contributed by atoms with Crippen LogP contribution in [0.15, 0.2) is 103 Å². The number of alkyl halides is 3. The average molecular weight is 528 g/mol. The Balaban J connectivity index is 0.000000414. The van der Waals surface area contributed by atoms with Gasteiger partial charge in [0.2, 0.25) is 5.69 Å². The molecule has 0 fully saturated rings. The zero-order valence-corrected chi connectivity index (χ0v) is 21.5. The molecular weight excluding hydrogens is 499 g/mol. The summed E-state index contributed by atoms with van der Waals surface area (Å²) in [6.07, 6.45) is 0. The fraction of sp³-hybridized carbons (Fsp3) is 0.207. The number of pyridine rings is 1. The second-order valence-corrected chi connectivity index (χ2v) is 10.2. The molecule has 0 radical (unpaired) electrons. The number of hydrogen-bond donors (Lipinski definition) is 0. The summed E-state index contributed by atoms with van der Waals surface area (Å²) in [5.41, 5.74) is 2.05. The highest BCUT2D eigenvalue weighted by Crippen LogP contribution is 2.30. The molecule has 0 aliphatic rings. The molecule has 4 rings (SSSR count). The highest BCUT2D eigenvalue weighted by molar-refractivity contribution is 7.86. The normalized spacial score (nSPS) is 12.5. The molecule has 37 heavy (non-hydrogen) atoms. The van der Waals surface area contributed by atoms with Crippen LogP contribution in [0.25, 0.3) is 22.4 Å². The number of aromatic nitrogens is 1. The Morgan fingerprint density at radius 2 is 1.14 bits per heavy atom. The fourth-order valence-electron chi connectivity index (χ4n) is 4.01. The van der Waals surface area contributed by atoms with Gasteiger partial charge in [0.15, 0.2) is 21.9 Å². The van der Waals surface area contributed by atoms with Gasteiger partial charge in [0.05, 0.1) is 0 Å². The van der Waals surface area contributed by atoms with E-state index < -0.39 is 15.6 Å². The number of nitrogens with zero attached hydrogens (tertiary/aromatic N) is 1. The van der Waals surface area contributed by atoms with E-state index in [1.165, 1.54) is 33.6 Å². The first-order valence-electron chi connectivity index (χ1n) is 11.7. The molecule has 0 amide bonds. The van der Waals surface area contributed by atoms with Gasteiger partial charge in [-0.05, 0) is 23.3 Å². The van der Waals surface area contributed by atoms with E-state index in [1.807, 2.05) is 0 Å². The van der Waals surface area contributed by atoms with Crippen molar-refractivity contribution in [1.82, 2.24) is 0 Å². The molecule has 3 aromatic carbocycles. The van der Waals surface area contributed by atoms with E-state index in [0.29, 0.717) is 5.92 Å². The van der Waals surface area contributed by atoms with Gasteiger partial charge in [-0.3, -0.25) is 0 Å². The third-order valence-electron chi connectivity index (χ3n) is 5.85. The van der Waals surface area contributed by atoms with Crippen LogP contribution in [0.3, 0.4) is 0 Å². The van der Waals surface area contributed by atoms with Crippen molar-refractivity contribution in [1.29, 1.82) is 0 Å². The number of hydrogen-bond acceptors (Lipinski definition) is 3. The summed E-state index contributed by atoms with van der Waals surface area (Å²) in [5, 5.41) is 0. The number of halogens is 3. The van der Waals surface area contributed by atoms with Crippen molar-refractivity contribution in [3.05, 3.63) is 114 Å². The molecule has 4 aromatic rings. The summed E-state index contributed by atoms with van der Waals surface area (Å²) in [7, 11) is -6.09. The van der Waals surface area contributed by atoms with Gasteiger partial charge >= 0.3 is 5.51 Å². The lowest BCUT2D eigenvalue weighted by molar-refractivity contribution is -0.708. The van der Waals surface area contributed by atoms with Gasteiger partial charge in [-0.15, -0.1) is 0 Å². The lowest BCUT2D eigenvalue weighted by Gasteiger charge is -2.19. The number of rotatable bonds is 5. The second-order valence-electron chi connectivity index (χ2n) is 8.80. The molecule has 0 aliphatic heterocycles. The monoisotopic (exact) mass is 527 g/mol. The Kier molecular flexibility index (Phi) is 8.89. The summed E-state index contributed by atoms with van der Waals surface area (Å²) in [4.78, 5) is 0. The Bertz CT molecular complexity index is 1410. The fourth-order valence-corrected chi connectivity index (χ4v) is 4.01. The first-order chi connectivity index (χ1) is 17.4. The maximum atomic E-state index is 10.7. The first kappa shape index (κ1) is 28.1. The van der Waals surface area contributed by atoms with Gasteiger partial charge in [0.1, 0.15) is 0 Å². The van der Waals surface area contributed by atoms with E-state index in [-0.39, 0.29) is 6.04 Å². The van der Waals surface area contributed by atoms with Crippen LogP contribution in [0, 0.1) is 0 Å². The largest absolute Gasteiger partial charge is 0.741 e. The quantitative estimate of drug-likeness (QED) is 0.158. The summed E-state index contributed by atoms with van der Waals surface area (Å²) >= 11 is 0. The van der Waals surface area contributed by atoms with Crippen LogP contribution >= 0.6 is 0 Å². The summed E-state index contributed by atoms with van der Waals surface area (Å²) in [6, 6.07) is 37.2. The van der Waals surface area contributed by atoms with Crippen molar-refractivity contribution in [2.75, 3.05) is 0 Å². The molecule has 0 saturated heterocycles. The predicted octanol–water partition coefficient (Wildman–Crippen LogP) is 7.09. The van der Waals surface area contributed by atoms with Crippen LogP contribution < -0.4 is 4.57 Å². The minimum Gasteiger partial charge on any atom is -0.741 e. The Hall–Kier alpha value is -3.49. The van der Waals surface area contributed by atoms with Crippen molar-refractivity contribution in [2.45, 2.75) is 38.2 Å². The second kappa shape index (κ2) is 11.7. The molecule has 0 spiro atoms. The van der Waals surface area contributed by atoms with E-state index in [4.69, 9.17) is 13.0 Å². The summed E-state index contributed by atoms with van der Waals surface area (Å²) < 4.78 is 61.4. The maximum Gasteiger partial charge on any atom is 0.485 e. The molecule has 0 N–H and O–H groups in total. The first-order valence-corrected chi connectivity index (χ1v) is 13.1. The molecule has 4 nitrogen and oxygen atoms in total. The SMILES string of the molecule is CC(C)c1cc(-c2ccccc2)cc(-c2ccccc2)[n+]1C(C)c1ccccc1.O=S(=O)([O-])C(F)(F)F. The van der Waals surface area contributed by atoms with Gasteiger partial charge in [-0.1, -0.05) is 92.7 Å². The van der Waals surface area contributed by atoms with E-state index in [9.17, 15) is 13.2 Å². The molecule has 1 aromatic heterocycles. The van der Waals surface area contributed by atoms with E-state index >= 15 is 0 Å². The van der Waals surface area contributed by atoms with Gasteiger partial charge in [-0.25, -0.2) is 8.42 Å². The van der Waals surface area contributed by atoms with E-state index in [2.05, 4.69) is 128 Å². The van der Waals surface area contributed by atoms with Crippen molar-refractivity contribution in [3.63, 3.8) is 0 Å². The third-order valence-corrected chi connectivity index (χ3v) is 6.42. The van der Waals surface area contributed by atoms with Crippen LogP contribution in [0.4, 0.5) is 13.2 Å². The predicted molar refractivity (Wildman–Crippen MR) is 138 cm³/mol. The standard InChI is InChI=1S/C28H28N.CHF3O3S/c1-21(2)27-19-26(24-15-9-5-10-16-24)20-28(25-17-11-6-12-18-25)29(27)22(3)23-13-7-4-8-14-23;2-1(3,4)8(5,6)7/h4-22H,1-3H3;(H,5,6,7)/q+1;/p-1. The smallest absolute Gasteiger partial charge is 0.485 e. The molecule has 1 unspecified atom stereocenters. The van der Waals surface area contributed by atoms with Crippen molar-refractivity contribution < 1.29 is 30.7 Å². The van der Waals surface area contributed by atoms with Gasteiger partial charge in [0.25, 0.3) is 0 Å². The Morgan fingerprint density at radius 3 is 1.57 bits per heavy atom. The van der Waals surface area contributed by atoms with E-state index in [0.717, 1.165) is 0 Å². The van der Waals surface area contributed by atoms with Gasteiger partial charge < -0.3 is 4.55 Å². The third kappa shape index (κ3) is 7.05. The Labute approximate surface area is 215 Å². The lowest BCUT2D eigenvalue weighted by Crippen LogP contribution is -2.45. The maximum absolute atomic E-state index is 10.7. The molecule has 8 heteroatoms. The molecule has 1 heterocycles. The summed E-state index contributed by atoms with van der Waals surface area (Å²) in [6.45, 7) is 6.87. The highest BCUT2D eigenvalue weighted by atomic mass is 32.2. The van der Waals surface area contributed by atoms with Crippen molar-refractivity contribution in [2.24, 2.45) is 0 Å². The molecule has 1 atom stereocenters. The van der Waals surface area contributed by atoms with Crippen molar-refractivity contribution in [3.8, 4) is 22.4 Å². The Morgan fingerprint density at radius 1 is 0.703 bits per heavy atom. The van der Waals surface area contributed by atoms with Gasteiger partial charge in [-0.2, -0.15) is 17.7 Å². The average Bonchev–Trinajstić information content (AvgIpc) is 2.88. The van der Waals surface area contributed by atoms with E-state index in [1.54, 1.807) is 0 Å². The minimum atomic E-state index is -6.09. The zero-order chi connectivity index (χ0) is 27.2. The van der Waals surface area contributed by atoms with Crippen LogP contribution in [-0.4, -0.2) is 18.5 Å². The van der Waals surface area contributed by atoms with Crippen LogP contribution in [-0.2, 0) is 10.1 Å². The topological polar surface area (TPSA) is 61.1 Å². The molecule has 0 bridgehead atoms. The molecule has 0 saturated carbocycles. The number of benzene rings is 3. The zero-order valence-electron chi connectivity index (χ0n) is 20.7. The lowest BCUT2D eigenvalue weighted by atomic mass is 9.96. The highest BCUT2D eigenvalue weighted by Gasteiger charge is 2.37. The minimum absolute atomic E-state index is 0.244. The molecular formula is C29H28F3NO3S. The van der Waals surface area contributed by atoms with Crippen LogP contribution in [0.5, 0.6) is 0 Å². The summed E-state index contributed by atoms with van der Waals surface area (Å²) in [5.74, 6) is 0.410. The molecule has 0 aliphatic carbocycles. The van der Waals surface area contributed by atoms with Crippen molar-refractivity contribution >= 4 is 10.1 Å².